The van der Waals surface area contributed by atoms with E-state index < -0.39 is 18.5 Å². The van der Waals surface area contributed by atoms with Crippen LogP contribution in [0.25, 0.3) is 0 Å². The fourth-order valence-corrected chi connectivity index (χ4v) is 1.76. The van der Waals surface area contributed by atoms with Gasteiger partial charge in [-0.2, -0.15) is 0 Å². The monoisotopic (exact) mass is 300 g/mol. The van der Waals surface area contributed by atoms with E-state index in [0.29, 0.717) is 11.3 Å². The fourth-order valence-electron chi connectivity index (χ4n) is 1.76. The Hall–Kier alpha value is -2.89. The second-order valence-electron chi connectivity index (χ2n) is 4.85. The minimum atomic E-state index is -0.688. The molecule has 6 nitrogen and oxygen atoms in total. The molecule has 0 aliphatic heterocycles. The maximum atomic E-state index is 11.7. The van der Waals surface area contributed by atoms with Gasteiger partial charge >= 0.3 is 5.97 Å². The summed E-state index contributed by atoms with van der Waals surface area (Å²) in [6.45, 7) is 2.94. The van der Waals surface area contributed by atoms with E-state index in [-0.39, 0.29) is 11.5 Å². The number of carbonyl (C=O) groups excluding carboxylic acids is 3. The van der Waals surface area contributed by atoms with Crippen LogP contribution in [0.3, 0.4) is 0 Å². The molecule has 0 unspecified atom stereocenters. The molecule has 22 heavy (non-hydrogen) atoms. The third kappa shape index (κ3) is 4.05. The molecule has 1 aromatic carbocycles. The maximum absolute atomic E-state index is 11.7. The number of hydrogen-bond acceptors (Lipinski definition) is 4. The molecule has 0 spiro atoms. The number of amides is 1. The van der Waals surface area contributed by atoms with Crippen LogP contribution in [0.1, 0.15) is 33.3 Å². The van der Waals surface area contributed by atoms with Gasteiger partial charge in [-0.1, -0.05) is 17.7 Å². The van der Waals surface area contributed by atoms with Gasteiger partial charge in [0, 0.05) is 17.4 Å². The number of benzene rings is 1. The molecular weight excluding hydrogens is 284 g/mol. The first kappa shape index (κ1) is 15.5. The second kappa shape index (κ2) is 6.71. The Morgan fingerprint density at radius 3 is 2.45 bits per heavy atom. The molecule has 1 amide bonds. The number of anilines is 1. The van der Waals surface area contributed by atoms with E-state index in [1.54, 1.807) is 12.1 Å². The predicted molar refractivity (Wildman–Crippen MR) is 80.9 cm³/mol. The Bertz CT molecular complexity index is 701. The van der Waals surface area contributed by atoms with Crippen molar-refractivity contribution in [3.8, 4) is 0 Å². The van der Waals surface area contributed by atoms with Crippen LogP contribution in [0.4, 0.5) is 5.69 Å². The van der Waals surface area contributed by atoms with E-state index in [0.717, 1.165) is 5.56 Å². The summed E-state index contributed by atoms with van der Waals surface area (Å²) in [5.41, 5.74) is 2.23. The van der Waals surface area contributed by atoms with Crippen LogP contribution in [-0.4, -0.2) is 29.3 Å². The Labute approximate surface area is 127 Å². The molecule has 0 fully saturated rings. The van der Waals surface area contributed by atoms with E-state index in [1.165, 1.54) is 19.2 Å². The van der Waals surface area contributed by atoms with Gasteiger partial charge in [-0.3, -0.25) is 9.59 Å². The largest absolute Gasteiger partial charge is 0.451 e. The average molecular weight is 300 g/mol. The molecule has 6 heteroatoms. The number of H-pyrrole nitrogens is 1. The molecule has 1 heterocycles. The number of nitrogens with one attached hydrogen (secondary N) is 2. The summed E-state index contributed by atoms with van der Waals surface area (Å²) in [6, 6.07) is 8.65. The quantitative estimate of drug-likeness (QED) is 0.655. The van der Waals surface area contributed by atoms with Gasteiger partial charge in [0.25, 0.3) is 5.91 Å². The smallest absolute Gasteiger partial charge is 0.355 e. The van der Waals surface area contributed by atoms with Gasteiger partial charge < -0.3 is 15.0 Å². The lowest BCUT2D eigenvalue weighted by atomic mass is 10.2. The number of hydrogen-bond donors (Lipinski definition) is 2. The zero-order chi connectivity index (χ0) is 16.1. The maximum Gasteiger partial charge on any atom is 0.355 e. The normalized spacial score (nSPS) is 10.1. The number of Topliss-reactive ketones (excluding diaryl/α,β-unsaturated/α-hetero) is 1. The van der Waals surface area contributed by atoms with E-state index in [4.69, 9.17) is 4.74 Å². The molecule has 0 aliphatic carbocycles. The first-order valence-electron chi connectivity index (χ1n) is 6.68. The number of rotatable bonds is 5. The van der Waals surface area contributed by atoms with E-state index in [2.05, 4.69) is 10.3 Å². The summed E-state index contributed by atoms with van der Waals surface area (Å²) in [5, 5.41) is 2.62. The van der Waals surface area contributed by atoms with Gasteiger partial charge in [0.15, 0.2) is 12.4 Å². The van der Waals surface area contributed by atoms with Crippen molar-refractivity contribution in [1.29, 1.82) is 0 Å². The van der Waals surface area contributed by atoms with E-state index in [9.17, 15) is 14.4 Å². The summed E-state index contributed by atoms with van der Waals surface area (Å²) in [5.74, 6) is -1.28. The summed E-state index contributed by atoms with van der Waals surface area (Å²) < 4.78 is 4.89. The zero-order valence-electron chi connectivity index (χ0n) is 12.3. The molecule has 1 aromatic heterocycles. The highest BCUT2D eigenvalue weighted by Gasteiger charge is 2.13. The first-order valence-corrected chi connectivity index (χ1v) is 6.68. The third-order valence-corrected chi connectivity index (χ3v) is 2.98. The van der Waals surface area contributed by atoms with E-state index in [1.807, 2.05) is 19.1 Å². The third-order valence-electron chi connectivity index (χ3n) is 2.98. The van der Waals surface area contributed by atoms with Crippen LogP contribution in [-0.2, 0) is 9.53 Å². The summed E-state index contributed by atoms with van der Waals surface area (Å²) in [6.07, 6.45) is 1.42. The molecule has 0 bridgehead atoms. The summed E-state index contributed by atoms with van der Waals surface area (Å²) in [7, 11) is 0. The lowest BCUT2D eigenvalue weighted by Crippen LogP contribution is -2.21. The summed E-state index contributed by atoms with van der Waals surface area (Å²) >= 11 is 0. The van der Waals surface area contributed by atoms with Gasteiger partial charge in [0.2, 0.25) is 0 Å². The van der Waals surface area contributed by atoms with Gasteiger partial charge in [0.1, 0.15) is 5.69 Å². The SMILES string of the molecule is CC(=O)c1c[nH]c(C(=O)OCC(=O)Nc2ccc(C)cc2)c1. The molecular formula is C16H16N2O4. The Kier molecular flexibility index (Phi) is 4.73. The number of aromatic amines is 1. The molecule has 2 N–H and O–H groups in total. The minimum absolute atomic E-state index is 0.133. The van der Waals surface area contributed by atoms with Crippen molar-refractivity contribution in [2.24, 2.45) is 0 Å². The van der Waals surface area contributed by atoms with Gasteiger partial charge in [-0.05, 0) is 32.0 Å². The van der Waals surface area contributed by atoms with Crippen molar-refractivity contribution in [2.75, 3.05) is 11.9 Å². The van der Waals surface area contributed by atoms with Crippen LogP contribution in [0, 0.1) is 6.92 Å². The number of aromatic nitrogens is 1. The molecule has 114 valence electrons. The fraction of sp³-hybridized carbons (Fsp3) is 0.188. The van der Waals surface area contributed by atoms with Gasteiger partial charge in [-0.25, -0.2) is 4.79 Å². The number of ketones is 1. The van der Waals surface area contributed by atoms with Gasteiger partial charge in [-0.15, -0.1) is 0 Å². The van der Waals surface area contributed by atoms with Crippen molar-refractivity contribution in [3.05, 3.63) is 53.3 Å². The van der Waals surface area contributed by atoms with Crippen LogP contribution in [0.5, 0.6) is 0 Å². The second-order valence-corrected chi connectivity index (χ2v) is 4.85. The summed E-state index contributed by atoms with van der Waals surface area (Å²) in [4.78, 5) is 37.2. The number of ether oxygens (including phenoxy) is 1. The van der Waals surface area contributed by atoms with Crippen LogP contribution >= 0.6 is 0 Å². The van der Waals surface area contributed by atoms with Crippen molar-refractivity contribution in [3.63, 3.8) is 0 Å². The molecule has 0 saturated heterocycles. The Morgan fingerprint density at radius 1 is 1.18 bits per heavy atom. The molecule has 2 rings (SSSR count). The first-order chi connectivity index (χ1) is 10.5. The van der Waals surface area contributed by atoms with Crippen molar-refractivity contribution < 1.29 is 19.1 Å². The van der Waals surface area contributed by atoms with Crippen molar-refractivity contribution >= 4 is 23.3 Å². The topological polar surface area (TPSA) is 88.3 Å². The molecule has 0 atom stereocenters. The average Bonchev–Trinajstić information content (AvgIpc) is 2.97. The predicted octanol–water partition coefficient (Wildman–Crippen LogP) is 2.32. The molecule has 0 aliphatic rings. The van der Waals surface area contributed by atoms with Crippen LogP contribution < -0.4 is 5.32 Å². The van der Waals surface area contributed by atoms with Crippen LogP contribution in [0.15, 0.2) is 36.5 Å². The lowest BCUT2D eigenvalue weighted by molar-refractivity contribution is -0.119. The van der Waals surface area contributed by atoms with E-state index >= 15 is 0 Å². The zero-order valence-corrected chi connectivity index (χ0v) is 12.3. The Morgan fingerprint density at radius 2 is 1.86 bits per heavy atom. The molecule has 2 aromatic rings. The Balaban J connectivity index is 1.86. The number of carbonyl (C=O) groups is 3. The van der Waals surface area contributed by atoms with Crippen LogP contribution in [0.2, 0.25) is 0 Å². The van der Waals surface area contributed by atoms with Gasteiger partial charge in [0.05, 0.1) is 0 Å². The molecule has 0 radical (unpaired) electrons. The minimum Gasteiger partial charge on any atom is -0.451 e. The van der Waals surface area contributed by atoms with Crippen molar-refractivity contribution in [1.82, 2.24) is 4.98 Å². The highest BCUT2D eigenvalue weighted by atomic mass is 16.5. The van der Waals surface area contributed by atoms with Crippen molar-refractivity contribution in [2.45, 2.75) is 13.8 Å². The highest BCUT2D eigenvalue weighted by Crippen LogP contribution is 2.09. The highest BCUT2D eigenvalue weighted by molar-refractivity contribution is 5.98. The lowest BCUT2D eigenvalue weighted by Gasteiger charge is -2.06. The number of aryl methyl sites for hydroxylation is 1. The number of esters is 1. The molecule has 0 saturated carbocycles. The standard InChI is InChI=1S/C16H16N2O4/c1-10-3-5-13(6-4-10)18-15(20)9-22-16(21)14-7-12(8-17-14)11(2)19/h3-8,17H,9H2,1-2H3,(H,18,20).